The Labute approximate surface area is 115 Å². The minimum atomic E-state index is -1.73. The van der Waals surface area contributed by atoms with Crippen molar-refractivity contribution >= 4 is 5.97 Å². The number of carboxylic acid groups (broad SMARTS) is 1. The van der Waals surface area contributed by atoms with Crippen LogP contribution in [-0.2, 0) is 9.53 Å². The number of halogens is 1. The molecule has 0 aromatic carbocycles. The number of aliphatic hydroxyl groups is 2. The van der Waals surface area contributed by atoms with Gasteiger partial charge in [0.1, 0.15) is 24.4 Å². The second kappa shape index (κ2) is 5.37. The van der Waals surface area contributed by atoms with E-state index in [0.29, 0.717) is 10.8 Å². The van der Waals surface area contributed by atoms with Gasteiger partial charge in [0.25, 0.3) is 5.56 Å². The predicted molar refractivity (Wildman–Crippen MR) is 62.8 cm³/mol. The first-order valence-corrected chi connectivity index (χ1v) is 5.75. The van der Waals surface area contributed by atoms with Crippen LogP contribution in [0.4, 0.5) is 4.39 Å². The molecule has 0 spiro atoms. The second-order valence-electron chi connectivity index (χ2n) is 4.48. The molecule has 0 saturated carbocycles. The Balaban J connectivity index is 2.38. The molecule has 1 saturated heterocycles. The highest BCUT2D eigenvalue weighted by Crippen LogP contribution is 2.29. The highest BCUT2D eigenvalue weighted by atomic mass is 19.1. The van der Waals surface area contributed by atoms with Crippen molar-refractivity contribution in [3.8, 4) is 0 Å². The Morgan fingerprint density at radius 1 is 1.43 bits per heavy atom. The molecule has 6 N–H and O–H groups in total. The molecule has 1 aromatic rings. The van der Waals surface area contributed by atoms with E-state index in [-0.39, 0.29) is 0 Å². The van der Waals surface area contributed by atoms with E-state index < -0.39 is 53.6 Å². The summed E-state index contributed by atoms with van der Waals surface area (Å²) < 4.78 is 18.7. The molecule has 1 aliphatic rings. The Morgan fingerprint density at radius 3 is 2.62 bits per heavy atom. The van der Waals surface area contributed by atoms with E-state index >= 15 is 0 Å². The molecule has 0 radical (unpaired) electrons. The number of nitrogens with one attached hydrogen (secondary N) is 1. The van der Waals surface area contributed by atoms with Gasteiger partial charge in [0, 0.05) is 0 Å². The molecule has 21 heavy (non-hydrogen) atoms. The lowest BCUT2D eigenvalue weighted by molar-refractivity contribution is -0.144. The highest BCUT2D eigenvalue weighted by Gasteiger charge is 2.48. The minimum absolute atomic E-state index is 0.483. The Kier molecular flexibility index (Phi) is 3.91. The van der Waals surface area contributed by atoms with Gasteiger partial charge in [0.2, 0.25) is 5.82 Å². The molecular formula is C10H12FN3O7. The number of carboxylic acids is 1. The third-order valence-electron chi connectivity index (χ3n) is 3.11. The van der Waals surface area contributed by atoms with Crippen molar-refractivity contribution in [3.63, 3.8) is 0 Å². The van der Waals surface area contributed by atoms with Crippen LogP contribution in [0.15, 0.2) is 15.8 Å². The Hall–Kier alpha value is -2.08. The monoisotopic (exact) mass is 305 g/mol. The van der Waals surface area contributed by atoms with Crippen molar-refractivity contribution in [1.29, 1.82) is 0 Å². The van der Waals surface area contributed by atoms with Gasteiger partial charge in [0.05, 0.1) is 6.20 Å². The van der Waals surface area contributed by atoms with Crippen LogP contribution in [-0.4, -0.2) is 55.2 Å². The van der Waals surface area contributed by atoms with Crippen molar-refractivity contribution in [2.24, 2.45) is 5.73 Å². The predicted octanol–water partition coefficient (Wildman–Crippen LogP) is -3.29. The van der Waals surface area contributed by atoms with Gasteiger partial charge in [0.15, 0.2) is 6.23 Å². The average Bonchev–Trinajstić information content (AvgIpc) is 2.70. The standard InChI is InChI=1S/C10H12FN3O7/c11-2-1-14(10(20)13-7(2)17)8-5(16)4(15)6(21-8)3(12)9(18)19/h1,3-6,8,15-16H,12H2,(H,18,19)(H,13,17,20). The summed E-state index contributed by atoms with van der Waals surface area (Å²) in [6, 6.07) is -1.66. The highest BCUT2D eigenvalue weighted by molar-refractivity contribution is 5.74. The number of ether oxygens (including phenoxy) is 1. The van der Waals surface area contributed by atoms with E-state index in [9.17, 15) is 29.0 Å². The summed E-state index contributed by atoms with van der Waals surface area (Å²) in [7, 11) is 0. The maximum absolute atomic E-state index is 13.2. The number of aromatic amines is 1. The molecule has 5 unspecified atom stereocenters. The van der Waals surface area contributed by atoms with Crippen molar-refractivity contribution in [3.05, 3.63) is 32.9 Å². The maximum Gasteiger partial charge on any atom is 0.330 e. The van der Waals surface area contributed by atoms with Crippen molar-refractivity contribution < 1.29 is 29.2 Å². The molecule has 1 fully saturated rings. The lowest BCUT2D eigenvalue weighted by Gasteiger charge is -2.18. The lowest BCUT2D eigenvalue weighted by atomic mass is 10.0. The number of nitrogens with zero attached hydrogens (tertiary/aromatic N) is 1. The first kappa shape index (κ1) is 15.3. The fraction of sp³-hybridized carbons (Fsp3) is 0.500. The van der Waals surface area contributed by atoms with Crippen LogP contribution in [0.1, 0.15) is 6.23 Å². The SMILES string of the molecule is NC(C(=O)O)C1OC(n2cc(F)c(=O)[nH]c2=O)C(O)C1O. The van der Waals surface area contributed by atoms with Gasteiger partial charge in [-0.1, -0.05) is 0 Å². The van der Waals surface area contributed by atoms with E-state index in [0.717, 1.165) is 0 Å². The van der Waals surface area contributed by atoms with Crippen LogP contribution in [0.5, 0.6) is 0 Å². The summed E-state index contributed by atoms with van der Waals surface area (Å²) in [6.07, 6.45) is -6.05. The lowest BCUT2D eigenvalue weighted by Crippen LogP contribution is -2.48. The Bertz CT molecular complexity index is 671. The number of rotatable bonds is 3. The maximum atomic E-state index is 13.2. The summed E-state index contributed by atoms with van der Waals surface area (Å²) in [5.74, 6) is -2.81. The van der Waals surface area contributed by atoms with Crippen molar-refractivity contribution in [2.75, 3.05) is 0 Å². The summed E-state index contributed by atoms with van der Waals surface area (Å²) in [4.78, 5) is 34.9. The normalized spacial score (nSPS) is 30.3. The fourth-order valence-corrected chi connectivity index (χ4v) is 2.00. The zero-order valence-corrected chi connectivity index (χ0v) is 10.3. The van der Waals surface area contributed by atoms with Gasteiger partial charge in [-0.25, -0.2) is 4.79 Å². The third kappa shape index (κ3) is 2.58. The number of hydrogen-bond donors (Lipinski definition) is 5. The van der Waals surface area contributed by atoms with Crippen LogP contribution in [0.3, 0.4) is 0 Å². The summed E-state index contributed by atoms with van der Waals surface area (Å²) >= 11 is 0. The first-order valence-electron chi connectivity index (χ1n) is 5.75. The molecule has 116 valence electrons. The largest absolute Gasteiger partial charge is 0.480 e. The number of aromatic nitrogens is 2. The van der Waals surface area contributed by atoms with Gasteiger partial charge < -0.3 is 25.8 Å². The van der Waals surface area contributed by atoms with E-state index in [1.165, 1.54) is 0 Å². The zero-order valence-electron chi connectivity index (χ0n) is 10.3. The molecule has 0 aliphatic carbocycles. The molecule has 2 heterocycles. The number of carbonyl (C=O) groups is 1. The van der Waals surface area contributed by atoms with Crippen LogP contribution < -0.4 is 17.0 Å². The number of nitrogens with two attached hydrogens (primary N) is 1. The van der Waals surface area contributed by atoms with Crippen molar-refractivity contribution in [2.45, 2.75) is 30.6 Å². The summed E-state index contributed by atoms with van der Waals surface area (Å²) in [5, 5.41) is 28.3. The molecular weight excluding hydrogens is 293 g/mol. The topological polar surface area (TPSA) is 168 Å². The first-order chi connectivity index (χ1) is 9.73. The number of aliphatic hydroxyl groups excluding tert-OH is 2. The quantitative estimate of drug-likeness (QED) is 0.387. The zero-order chi connectivity index (χ0) is 15.9. The van der Waals surface area contributed by atoms with Gasteiger partial charge >= 0.3 is 11.7 Å². The van der Waals surface area contributed by atoms with E-state index in [1.807, 2.05) is 0 Å². The average molecular weight is 305 g/mol. The molecule has 0 amide bonds. The summed E-state index contributed by atoms with van der Waals surface area (Å²) in [6.45, 7) is 0. The van der Waals surface area contributed by atoms with Crippen molar-refractivity contribution in [1.82, 2.24) is 9.55 Å². The second-order valence-corrected chi connectivity index (χ2v) is 4.48. The van der Waals surface area contributed by atoms with Crippen LogP contribution in [0.2, 0.25) is 0 Å². The molecule has 0 bridgehead atoms. The molecule has 10 nitrogen and oxygen atoms in total. The molecule has 1 aliphatic heterocycles. The molecule has 1 aromatic heterocycles. The number of aliphatic carboxylic acids is 1. The molecule has 5 atom stereocenters. The number of H-pyrrole nitrogens is 1. The van der Waals surface area contributed by atoms with E-state index in [2.05, 4.69) is 0 Å². The smallest absolute Gasteiger partial charge is 0.330 e. The fourth-order valence-electron chi connectivity index (χ4n) is 2.00. The molecule has 2 rings (SSSR count). The Morgan fingerprint density at radius 2 is 2.05 bits per heavy atom. The summed E-state index contributed by atoms with van der Waals surface area (Å²) in [5.41, 5.74) is 2.94. The minimum Gasteiger partial charge on any atom is -0.480 e. The van der Waals surface area contributed by atoms with Crippen LogP contribution in [0.25, 0.3) is 0 Å². The van der Waals surface area contributed by atoms with Crippen LogP contribution >= 0.6 is 0 Å². The van der Waals surface area contributed by atoms with Gasteiger partial charge in [-0.15, -0.1) is 0 Å². The van der Waals surface area contributed by atoms with Gasteiger partial charge in [-0.2, -0.15) is 4.39 Å². The molecule has 11 heteroatoms. The van der Waals surface area contributed by atoms with Crippen LogP contribution in [0, 0.1) is 5.82 Å². The van der Waals surface area contributed by atoms with E-state index in [4.69, 9.17) is 15.6 Å². The van der Waals surface area contributed by atoms with Gasteiger partial charge in [-0.3, -0.25) is 19.1 Å². The van der Waals surface area contributed by atoms with Gasteiger partial charge in [-0.05, 0) is 0 Å². The third-order valence-corrected chi connectivity index (χ3v) is 3.11. The number of hydrogen-bond acceptors (Lipinski definition) is 7. The van der Waals surface area contributed by atoms with E-state index in [1.54, 1.807) is 4.98 Å².